The highest BCUT2D eigenvalue weighted by atomic mass is 32.1. The third-order valence-electron chi connectivity index (χ3n) is 2.69. The van der Waals surface area contributed by atoms with Gasteiger partial charge in [-0.1, -0.05) is 18.2 Å². The molecule has 0 saturated carbocycles. The van der Waals surface area contributed by atoms with Gasteiger partial charge in [0, 0.05) is 12.2 Å². The maximum Gasteiger partial charge on any atom is 0.268 e. The average molecular weight is 245 g/mol. The lowest BCUT2D eigenvalue weighted by Gasteiger charge is -2.20. The highest BCUT2D eigenvalue weighted by Gasteiger charge is 2.18. The molecule has 0 bridgehead atoms. The Labute approximate surface area is 106 Å². The van der Waals surface area contributed by atoms with Crippen molar-refractivity contribution in [1.82, 2.24) is 0 Å². The fourth-order valence-corrected chi connectivity index (χ4v) is 2.64. The Morgan fingerprint density at radius 1 is 1.24 bits per heavy atom. The van der Waals surface area contributed by atoms with E-state index in [4.69, 9.17) is 0 Å². The summed E-state index contributed by atoms with van der Waals surface area (Å²) in [5.41, 5.74) is 2.00. The summed E-state index contributed by atoms with van der Waals surface area (Å²) in [6, 6.07) is 11.8. The molecule has 1 amide bonds. The van der Waals surface area contributed by atoms with Gasteiger partial charge in [-0.25, -0.2) is 0 Å². The second-order valence-electron chi connectivity index (χ2n) is 3.82. The molecule has 3 heteroatoms. The molecule has 0 aliphatic carbocycles. The van der Waals surface area contributed by atoms with Gasteiger partial charge in [-0.15, -0.1) is 11.3 Å². The van der Waals surface area contributed by atoms with Crippen molar-refractivity contribution in [2.75, 3.05) is 11.4 Å². The van der Waals surface area contributed by atoms with Gasteiger partial charge < -0.3 is 4.90 Å². The number of rotatable bonds is 3. The maximum absolute atomic E-state index is 12.4. The molecule has 0 radical (unpaired) electrons. The first-order valence-corrected chi connectivity index (χ1v) is 6.53. The molecule has 0 N–H and O–H groups in total. The second-order valence-corrected chi connectivity index (χ2v) is 4.73. The van der Waals surface area contributed by atoms with Crippen LogP contribution in [0, 0.1) is 6.92 Å². The average Bonchev–Trinajstić information content (AvgIpc) is 2.77. The third kappa shape index (κ3) is 2.39. The molecule has 0 aliphatic heterocycles. The number of aryl methyl sites for hydroxylation is 1. The molecule has 0 fully saturated rings. The van der Waals surface area contributed by atoms with Crippen LogP contribution < -0.4 is 4.90 Å². The first kappa shape index (κ1) is 11.9. The van der Waals surface area contributed by atoms with Gasteiger partial charge in [0.05, 0.1) is 4.88 Å². The molecule has 0 saturated heterocycles. The lowest BCUT2D eigenvalue weighted by molar-refractivity contribution is 0.0991. The summed E-state index contributed by atoms with van der Waals surface area (Å²) in [5.74, 6) is 0.0891. The van der Waals surface area contributed by atoms with Crippen LogP contribution in [-0.4, -0.2) is 12.5 Å². The van der Waals surface area contributed by atoms with Gasteiger partial charge in [0.15, 0.2) is 0 Å². The summed E-state index contributed by atoms with van der Waals surface area (Å²) in [4.78, 5) is 15.0. The summed E-state index contributed by atoms with van der Waals surface area (Å²) in [5, 5.41) is 1.96. The monoisotopic (exact) mass is 245 g/mol. The van der Waals surface area contributed by atoms with E-state index in [1.54, 1.807) is 4.90 Å². The number of anilines is 1. The fraction of sp³-hybridized carbons (Fsp3) is 0.214. The molecule has 1 aromatic heterocycles. The number of amides is 1. The van der Waals surface area contributed by atoms with Crippen LogP contribution in [0.5, 0.6) is 0 Å². The Bertz CT molecular complexity index is 504. The standard InChI is InChI=1S/C14H15NOS/c1-3-15(12-7-5-4-6-8-12)14(16)13-11(2)9-10-17-13/h4-10H,3H2,1-2H3. The van der Waals surface area contributed by atoms with E-state index >= 15 is 0 Å². The van der Waals surface area contributed by atoms with Gasteiger partial charge in [0.1, 0.15) is 0 Å². The van der Waals surface area contributed by atoms with Crippen molar-refractivity contribution < 1.29 is 4.79 Å². The van der Waals surface area contributed by atoms with E-state index in [1.165, 1.54) is 11.3 Å². The topological polar surface area (TPSA) is 20.3 Å². The fourth-order valence-electron chi connectivity index (χ4n) is 1.77. The summed E-state index contributed by atoms with van der Waals surface area (Å²) in [6.07, 6.45) is 0. The van der Waals surface area contributed by atoms with Gasteiger partial charge >= 0.3 is 0 Å². The van der Waals surface area contributed by atoms with Crippen LogP contribution in [0.4, 0.5) is 5.69 Å². The Morgan fingerprint density at radius 3 is 2.47 bits per heavy atom. The summed E-state index contributed by atoms with van der Waals surface area (Å²) >= 11 is 1.50. The molecule has 1 heterocycles. The summed E-state index contributed by atoms with van der Waals surface area (Å²) < 4.78 is 0. The maximum atomic E-state index is 12.4. The van der Waals surface area contributed by atoms with E-state index in [0.29, 0.717) is 6.54 Å². The summed E-state index contributed by atoms with van der Waals surface area (Å²) in [6.45, 7) is 4.65. The zero-order valence-corrected chi connectivity index (χ0v) is 10.8. The predicted octanol–water partition coefficient (Wildman–Crippen LogP) is 3.72. The van der Waals surface area contributed by atoms with Crippen LogP contribution in [-0.2, 0) is 0 Å². The van der Waals surface area contributed by atoms with Gasteiger partial charge in [0.2, 0.25) is 0 Å². The normalized spacial score (nSPS) is 10.2. The molecule has 0 atom stereocenters. The molecule has 0 aliphatic rings. The Balaban J connectivity index is 2.32. The molecular formula is C14H15NOS. The van der Waals surface area contributed by atoms with Crippen LogP contribution in [0.25, 0.3) is 0 Å². The van der Waals surface area contributed by atoms with E-state index in [0.717, 1.165) is 16.1 Å². The van der Waals surface area contributed by atoms with E-state index in [9.17, 15) is 4.79 Å². The zero-order chi connectivity index (χ0) is 12.3. The number of nitrogens with zero attached hydrogens (tertiary/aromatic N) is 1. The molecule has 0 unspecified atom stereocenters. The smallest absolute Gasteiger partial charge is 0.268 e. The number of hydrogen-bond acceptors (Lipinski definition) is 2. The summed E-state index contributed by atoms with van der Waals surface area (Å²) in [7, 11) is 0. The quantitative estimate of drug-likeness (QED) is 0.807. The number of thiophene rings is 1. The van der Waals surface area contributed by atoms with Crippen molar-refractivity contribution in [2.45, 2.75) is 13.8 Å². The van der Waals surface area contributed by atoms with Gasteiger partial charge in [-0.3, -0.25) is 4.79 Å². The van der Waals surface area contributed by atoms with Crippen molar-refractivity contribution >= 4 is 22.9 Å². The first-order chi connectivity index (χ1) is 8.24. The zero-order valence-electron chi connectivity index (χ0n) is 10.0. The van der Waals surface area contributed by atoms with Crippen molar-refractivity contribution in [2.24, 2.45) is 0 Å². The highest BCUT2D eigenvalue weighted by molar-refractivity contribution is 7.12. The van der Waals surface area contributed by atoms with Crippen molar-refractivity contribution in [3.05, 3.63) is 52.2 Å². The molecule has 2 nitrogen and oxygen atoms in total. The van der Waals surface area contributed by atoms with Crippen molar-refractivity contribution in [3.63, 3.8) is 0 Å². The third-order valence-corrected chi connectivity index (χ3v) is 3.69. The minimum absolute atomic E-state index is 0.0891. The largest absolute Gasteiger partial charge is 0.308 e. The molecule has 88 valence electrons. The first-order valence-electron chi connectivity index (χ1n) is 5.65. The molecular weight excluding hydrogens is 230 g/mol. The molecule has 0 spiro atoms. The van der Waals surface area contributed by atoms with Crippen molar-refractivity contribution in [1.29, 1.82) is 0 Å². The minimum Gasteiger partial charge on any atom is -0.308 e. The lowest BCUT2D eigenvalue weighted by Crippen LogP contribution is -2.30. The van der Waals surface area contributed by atoms with Crippen LogP contribution in [0.2, 0.25) is 0 Å². The van der Waals surface area contributed by atoms with Crippen LogP contribution >= 0.6 is 11.3 Å². The van der Waals surface area contributed by atoms with E-state index < -0.39 is 0 Å². The van der Waals surface area contributed by atoms with E-state index in [1.807, 2.05) is 55.6 Å². The van der Waals surface area contributed by atoms with Crippen molar-refractivity contribution in [3.8, 4) is 0 Å². The molecule has 2 rings (SSSR count). The minimum atomic E-state index is 0.0891. The van der Waals surface area contributed by atoms with Crippen LogP contribution in [0.15, 0.2) is 41.8 Å². The number of benzene rings is 1. The van der Waals surface area contributed by atoms with E-state index in [-0.39, 0.29) is 5.91 Å². The van der Waals surface area contributed by atoms with Crippen LogP contribution in [0.1, 0.15) is 22.2 Å². The SMILES string of the molecule is CCN(C(=O)c1sccc1C)c1ccccc1. The Kier molecular flexibility index (Phi) is 3.59. The van der Waals surface area contributed by atoms with Gasteiger partial charge in [0.25, 0.3) is 5.91 Å². The number of para-hydroxylation sites is 1. The highest BCUT2D eigenvalue weighted by Crippen LogP contribution is 2.22. The molecule has 2 aromatic rings. The van der Waals surface area contributed by atoms with Gasteiger partial charge in [-0.05, 0) is 43.0 Å². The molecule has 1 aromatic carbocycles. The van der Waals surface area contributed by atoms with Gasteiger partial charge in [-0.2, -0.15) is 0 Å². The van der Waals surface area contributed by atoms with E-state index in [2.05, 4.69) is 0 Å². The number of carbonyl (C=O) groups excluding carboxylic acids is 1. The second kappa shape index (κ2) is 5.15. The van der Waals surface area contributed by atoms with Crippen LogP contribution in [0.3, 0.4) is 0 Å². The number of hydrogen-bond donors (Lipinski definition) is 0. The molecule has 17 heavy (non-hydrogen) atoms. The lowest BCUT2D eigenvalue weighted by atomic mass is 10.2. The Morgan fingerprint density at radius 2 is 1.94 bits per heavy atom. The number of carbonyl (C=O) groups is 1. The Hall–Kier alpha value is -1.61. The predicted molar refractivity (Wildman–Crippen MR) is 72.8 cm³/mol.